The molecular formula is C26H30FN5O6S. The molecule has 0 saturated heterocycles. The Morgan fingerprint density at radius 3 is 2.72 bits per heavy atom. The number of sulfonamides is 1. The van der Waals surface area contributed by atoms with Gasteiger partial charge in [0.15, 0.2) is 17.3 Å². The molecule has 2 bridgehead atoms. The number of ether oxygens (including phenoxy) is 2. The van der Waals surface area contributed by atoms with E-state index in [-0.39, 0.29) is 71.2 Å². The molecule has 0 aliphatic carbocycles. The van der Waals surface area contributed by atoms with Crippen molar-refractivity contribution in [3.8, 4) is 11.5 Å². The Morgan fingerprint density at radius 2 is 2.00 bits per heavy atom. The molecule has 2 aliphatic rings. The summed E-state index contributed by atoms with van der Waals surface area (Å²) in [6, 6.07) is 3.68. The Balaban J connectivity index is 1.87. The number of nitrogens with zero attached hydrogens (tertiary/aromatic N) is 5. The van der Waals surface area contributed by atoms with Crippen molar-refractivity contribution >= 4 is 32.7 Å². The van der Waals surface area contributed by atoms with Gasteiger partial charge in [-0.1, -0.05) is 18.2 Å². The standard InChI is InChI=1S/C26H30FN5O6S/c1-5-30-14-16(2)32-21-20(23(37-4)22(32)26(30)34)25(33)31-15-17-9-10-18(27)13-19(17)38-11-7-6-8-12-39(35,36)29(3)24(21)28-31/h6-7,9-10,13,16H,5,8,11-12,14-15H2,1-4H3. The highest BCUT2D eigenvalue weighted by molar-refractivity contribution is 7.92. The van der Waals surface area contributed by atoms with Gasteiger partial charge in [0.1, 0.15) is 29.1 Å². The molecule has 2 aliphatic heterocycles. The van der Waals surface area contributed by atoms with Gasteiger partial charge in [-0.3, -0.25) is 13.9 Å². The third kappa shape index (κ3) is 4.44. The fourth-order valence-corrected chi connectivity index (χ4v) is 6.25. The number of methoxy groups -OCH3 is 1. The summed E-state index contributed by atoms with van der Waals surface area (Å²) in [4.78, 5) is 29.1. The van der Waals surface area contributed by atoms with Crippen LogP contribution >= 0.6 is 0 Å². The predicted octanol–water partition coefficient (Wildman–Crippen LogP) is 2.54. The average molecular weight is 560 g/mol. The predicted molar refractivity (Wildman–Crippen MR) is 144 cm³/mol. The normalized spacial score (nSPS) is 19.3. The second-order valence-electron chi connectivity index (χ2n) is 9.56. The van der Waals surface area contributed by atoms with Crippen LogP contribution in [-0.2, 0) is 16.6 Å². The summed E-state index contributed by atoms with van der Waals surface area (Å²) >= 11 is 0. The Bertz CT molecular complexity index is 1660. The van der Waals surface area contributed by atoms with Crippen LogP contribution in [-0.4, -0.2) is 73.2 Å². The zero-order chi connectivity index (χ0) is 28.1. The maximum atomic E-state index is 14.1. The van der Waals surface area contributed by atoms with Crippen molar-refractivity contribution in [2.24, 2.45) is 0 Å². The zero-order valence-corrected chi connectivity index (χ0v) is 23.0. The van der Waals surface area contributed by atoms with Gasteiger partial charge in [0, 0.05) is 37.8 Å². The summed E-state index contributed by atoms with van der Waals surface area (Å²) in [7, 11) is -1.13. The van der Waals surface area contributed by atoms with E-state index in [4.69, 9.17) is 9.47 Å². The summed E-state index contributed by atoms with van der Waals surface area (Å²) in [6.07, 6.45) is 3.55. The minimum absolute atomic E-state index is 0.00984. The second kappa shape index (κ2) is 10.0. The van der Waals surface area contributed by atoms with Crippen LogP contribution in [0.25, 0.3) is 10.9 Å². The molecule has 1 aromatic carbocycles. The van der Waals surface area contributed by atoms with Crippen molar-refractivity contribution in [3.05, 3.63) is 57.8 Å². The van der Waals surface area contributed by atoms with Crippen molar-refractivity contribution in [2.75, 3.05) is 43.9 Å². The monoisotopic (exact) mass is 559 g/mol. The average Bonchev–Trinajstić information content (AvgIpc) is 3.26. The first-order chi connectivity index (χ1) is 18.6. The maximum Gasteiger partial charge on any atom is 0.280 e. The number of hydrogen-bond acceptors (Lipinski definition) is 7. The van der Waals surface area contributed by atoms with E-state index in [1.807, 2.05) is 13.8 Å². The number of carbonyl (C=O) groups is 1. The molecule has 3 aromatic rings. The molecule has 208 valence electrons. The van der Waals surface area contributed by atoms with E-state index in [2.05, 4.69) is 5.10 Å². The maximum absolute atomic E-state index is 14.1. The molecule has 0 fully saturated rings. The Kier molecular flexibility index (Phi) is 6.87. The number of rotatable bonds is 2. The molecule has 39 heavy (non-hydrogen) atoms. The van der Waals surface area contributed by atoms with Crippen LogP contribution in [0.1, 0.15) is 42.4 Å². The Hall–Kier alpha value is -3.87. The molecule has 2 aromatic heterocycles. The molecule has 4 heterocycles. The molecule has 0 saturated carbocycles. The van der Waals surface area contributed by atoms with Gasteiger partial charge in [0.25, 0.3) is 11.5 Å². The molecule has 1 amide bonds. The highest BCUT2D eigenvalue weighted by Crippen LogP contribution is 2.41. The van der Waals surface area contributed by atoms with Crippen LogP contribution in [0.5, 0.6) is 11.5 Å². The van der Waals surface area contributed by atoms with Gasteiger partial charge in [-0.2, -0.15) is 0 Å². The van der Waals surface area contributed by atoms with E-state index in [0.29, 0.717) is 18.7 Å². The molecule has 5 rings (SSSR count). The smallest absolute Gasteiger partial charge is 0.280 e. The van der Waals surface area contributed by atoms with Gasteiger partial charge in [0.2, 0.25) is 10.0 Å². The number of likely N-dealkylation sites (N-methyl/N-ethyl adjacent to an activating group) is 1. The van der Waals surface area contributed by atoms with Crippen LogP contribution in [0.15, 0.2) is 35.1 Å². The Morgan fingerprint density at radius 1 is 1.23 bits per heavy atom. The van der Waals surface area contributed by atoms with Gasteiger partial charge in [-0.05, 0) is 26.3 Å². The molecule has 1 atom stereocenters. The molecule has 1 unspecified atom stereocenters. The first-order valence-corrected chi connectivity index (χ1v) is 14.2. The highest BCUT2D eigenvalue weighted by Gasteiger charge is 2.38. The minimum atomic E-state index is -3.88. The highest BCUT2D eigenvalue weighted by atomic mass is 32.2. The van der Waals surface area contributed by atoms with Gasteiger partial charge in [-0.25, -0.2) is 17.5 Å². The SMILES string of the molecule is CCN1CC(C)n2c(c(OC)c3c(=O)n4nc(c32)N(C)S(=O)(=O)CCC=CCOc2cc(F)ccc2C4)C1=O. The van der Waals surface area contributed by atoms with Crippen molar-refractivity contribution in [3.63, 3.8) is 0 Å². The first-order valence-electron chi connectivity index (χ1n) is 12.6. The van der Waals surface area contributed by atoms with Crippen LogP contribution in [0.4, 0.5) is 10.2 Å². The third-order valence-electron chi connectivity index (χ3n) is 7.15. The number of carbonyl (C=O) groups excluding carboxylic acids is 1. The number of fused-ring (bicyclic) bond motifs is 7. The van der Waals surface area contributed by atoms with Crippen molar-refractivity contribution < 1.29 is 27.1 Å². The van der Waals surface area contributed by atoms with Gasteiger partial charge < -0.3 is 18.9 Å². The number of allylic oxidation sites excluding steroid dienone is 1. The number of amides is 1. The van der Waals surface area contributed by atoms with E-state index in [1.165, 1.54) is 32.4 Å². The first kappa shape index (κ1) is 26.7. The van der Waals surface area contributed by atoms with Gasteiger partial charge in [0.05, 0.1) is 19.4 Å². The van der Waals surface area contributed by atoms with E-state index < -0.39 is 21.4 Å². The molecular weight excluding hydrogens is 529 g/mol. The minimum Gasteiger partial charge on any atom is -0.493 e. The van der Waals surface area contributed by atoms with Crippen LogP contribution < -0.4 is 19.3 Å². The number of halogens is 1. The number of hydrogen-bond donors (Lipinski definition) is 0. The fourth-order valence-electron chi connectivity index (χ4n) is 5.15. The van der Waals surface area contributed by atoms with Crippen LogP contribution in [0, 0.1) is 5.82 Å². The van der Waals surface area contributed by atoms with Crippen LogP contribution in [0.3, 0.4) is 0 Å². The van der Waals surface area contributed by atoms with E-state index >= 15 is 0 Å². The Labute approximate surface area is 225 Å². The van der Waals surface area contributed by atoms with Gasteiger partial charge in [-0.15, -0.1) is 5.10 Å². The summed E-state index contributed by atoms with van der Waals surface area (Å²) < 4.78 is 56.1. The van der Waals surface area contributed by atoms with Crippen molar-refractivity contribution in [2.45, 2.75) is 32.9 Å². The zero-order valence-electron chi connectivity index (χ0n) is 22.2. The molecule has 13 heteroatoms. The van der Waals surface area contributed by atoms with Crippen molar-refractivity contribution in [1.82, 2.24) is 19.2 Å². The third-order valence-corrected chi connectivity index (χ3v) is 8.91. The van der Waals surface area contributed by atoms with Crippen LogP contribution in [0.2, 0.25) is 0 Å². The molecule has 0 spiro atoms. The summed E-state index contributed by atoms with van der Waals surface area (Å²) in [5, 5.41) is 4.57. The number of benzene rings is 1. The number of aromatic nitrogens is 3. The fraction of sp³-hybridized carbons (Fsp3) is 0.423. The quantitative estimate of drug-likeness (QED) is 0.443. The summed E-state index contributed by atoms with van der Waals surface area (Å²) in [5.74, 6) is -0.765. The molecule has 0 radical (unpaired) electrons. The summed E-state index contributed by atoms with van der Waals surface area (Å²) in [6.45, 7) is 4.53. The lowest BCUT2D eigenvalue weighted by molar-refractivity contribution is 0.0685. The number of anilines is 1. The van der Waals surface area contributed by atoms with Gasteiger partial charge >= 0.3 is 0 Å². The van der Waals surface area contributed by atoms with E-state index in [1.54, 1.807) is 21.6 Å². The van der Waals surface area contributed by atoms with Crippen molar-refractivity contribution in [1.29, 1.82) is 0 Å². The topological polar surface area (TPSA) is 116 Å². The lowest BCUT2D eigenvalue weighted by Gasteiger charge is -2.33. The molecule has 0 N–H and O–H groups in total. The second-order valence-corrected chi connectivity index (χ2v) is 11.7. The summed E-state index contributed by atoms with van der Waals surface area (Å²) in [5.41, 5.74) is 0.271. The lowest BCUT2D eigenvalue weighted by atomic mass is 10.2. The van der Waals surface area contributed by atoms with E-state index in [0.717, 1.165) is 8.99 Å². The molecule has 11 nitrogen and oxygen atoms in total. The lowest BCUT2D eigenvalue weighted by Crippen LogP contribution is -2.42. The largest absolute Gasteiger partial charge is 0.493 e. The van der Waals surface area contributed by atoms with E-state index in [9.17, 15) is 22.4 Å².